The van der Waals surface area contributed by atoms with E-state index in [9.17, 15) is 0 Å². The Labute approximate surface area is 354 Å². The Bertz CT molecular complexity index is 3930. The average molecular weight is 793 g/mol. The van der Waals surface area contributed by atoms with Gasteiger partial charge in [0.2, 0.25) is 0 Å². The van der Waals surface area contributed by atoms with Crippen molar-refractivity contribution in [2.24, 2.45) is 0 Å². The lowest BCUT2D eigenvalue weighted by atomic mass is 9.89. The van der Waals surface area contributed by atoms with Gasteiger partial charge in [-0.05, 0) is 41.1 Å². The van der Waals surface area contributed by atoms with E-state index in [0.717, 1.165) is 110 Å². The Hall–Kier alpha value is -8.48. The molecule has 0 saturated carbocycles. The van der Waals surface area contributed by atoms with Gasteiger partial charge in [0.25, 0.3) is 0 Å². The lowest BCUT2D eigenvalue weighted by Crippen LogP contribution is -2.00. The number of furan rings is 2. The lowest BCUT2D eigenvalue weighted by molar-refractivity contribution is 0.669. The quantitative estimate of drug-likeness (QED) is 0.162. The molecule has 13 aromatic rings. The van der Waals surface area contributed by atoms with E-state index in [4.69, 9.17) is 28.8 Å². The first-order valence-electron chi connectivity index (χ1n) is 20.7. The summed E-state index contributed by atoms with van der Waals surface area (Å²) in [6.07, 6.45) is 0. The number of fused-ring (bicyclic) bond motifs is 10. The van der Waals surface area contributed by atoms with Gasteiger partial charge >= 0.3 is 0 Å². The van der Waals surface area contributed by atoms with Crippen molar-refractivity contribution >= 4 is 76.3 Å². The van der Waals surface area contributed by atoms with Gasteiger partial charge in [-0.25, -0.2) is 19.9 Å². The van der Waals surface area contributed by atoms with Crippen LogP contribution in [0.3, 0.4) is 0 Å². The molecule has 6 heteroatoms. The summed E-state index contributed by atoms with van der Waals surface area (Å²) in [5.41, 5.74) is 10.8. The molecule has 0 fully saturated rings. The van der Waals surface area contributed by atoms with Crippen LogP contribution >= 0.6 is 0 Å². The number of hydrogen-bond acceptors (Lipinski definition) is 6. The third-order valence-electron chi connectivity index (χ3n) is 12.1. The number of rotatable bonds is 5. The molecule has 4 aromatic heterocycles. The van der Waals surface area contributed by atoms with Crippen molar-refractivity contribution in [2.75, 3.05) is 0 Å². The summed E-state index contributed by atoms with van der Waals surface area (Å²) in [4.78, 5) is 20.5. The van der Waals surface area contributed by atoms with Crippen molar-refractivity contribution in [3.63, 3.8) is 0 Å². The van der Waals surface area contributed by atoms with Gasteiger partial charge in [-0.3, -0.25) is 0 Å². The minimum atomic E-state index is 0.593. The molecular formula is C56H32N4O2. The molecule has 13 rings (SSSR count). The Morgan fingerprint density at radius 3 is 1.73 bits per heavy atom. The third kappa shape index (κ3) is 5.37. The third-order valence-corrected chi connectivity index (χ3v) is 12.1. The lowest BCUT2D eigenvalue weighted by Gasteiger charge is -2.16. The molecule has 0 aliphatic heterocycles. The van der Waals surface area contributed by atoms with Crippen molar-refractivity contribution in [1.82, 2.24) is 19.9 Å². The highest BCUT2D eigenvalue weighted by molar-refractivity contribution is 6.29. The standard InChI is InChI=1S/C56H32N4O2/c1-2-14-35(15-3-1)54-58-55(60-56(59-54)38-30-25-33-13-4-5-16-37(33)31-38)36-28-26-34(27-29-36)52-44-32-48-50(42-19-8-11-24-47(42)61-48)51(49(44)41-18-6-9-22-45(41)57-52)43-21-12-20-40-39-17-7-10-23-46(39)62-53(40)43/h1-32H. The highest BCUT2D eigenvalue weighted by Crippen LogP contribution is 2.48. The van der Waals surface area contributed by atoms with E-state index >= 15 is 0 Å². The predicted octanol–water partition coefficient (Wildman–Crippen LogP) is 14.9. The van der Waals surface area contributed by atoms with E-state index in [1.807, 2.05) is 54.6 Å². The molecule has 0 bridgehead atoms. The van der Waals surface area contributed by atoms with Gasteiger partial charge in [0.1, 0.15) is 22.3 Å². The van der Waals surface area contributed by atoms with E-state index in [0.29, 0.717) is 17.5 Å². The zero-order chi connectivity index (χ0) is 40.7. The first kappa shape index (κ1) is 34.4. The van der Waals surface area contributed by atoms with Crippen LogP contribution in [-0.2, 0) is 0 Å². The smallest absolute Gasteiger partial charge is 0.164 e. The van der Waals surface area contributed by atoms with Crippen LogP contribution in [0.4, 0.5) is 0 Å². The topological polar surface area (TPSA) is 77.8 Å². The molecule has 0 aliphatic carbocycles. The molecule has 9 aromatic carbocycles. The molecule has 0 saturated heterocycles. The maximum Gasteiger partial charge on any atom is 0.164 e. The molecule has 6 nitrogen and oxygen atoms in total. The largest absolute Gasteiger partial charge is 0.456 e. The van der Waals surface area contributed by atoms with Crippen molar-refractivity contribution in [3.8, 4) is 56.5 Å². The van der Waals surface area contributed by atoms with Gasteiger partial charge in [0, 0.05) is 71.1 Å². The van der Waals surface area contributed by atoms with Crippen molar-refractivity contribution < 1.29 is 8.83 Å². The zero-order valence-electron chi connectivity index (χ0n) is 33.1. The molecular weight excluding hydrogens is 761 g/mol. The molecule has 0 radical (unpaired) electrons. The number of nitrogens with zero attached hydrogens (tertiary/aromatic N) is 4. The maximum absolute atomic E-state index is 6.74. The maximum atomic E-state index is 6.74. The molecule has 0 atom stereocenters. The zero-order valence-corrected chi connectivity index (χ0v) is 33.1. The second-order valence-corrected chi connectivity index (χ2v) is 15.7. The number of aromatic nitrogens is 4. The molecule has 4 heterocycles. The minimum Gasteiger partial charge on any atom is -0.456 e. The van der Waals surface area contributed by atoms with Crippen LogP contribution in [0.25, 0.3) is 133 Å². The summed E-state index contributed by atoms with van der Waals surface area (Å²) < 4.78 is 13.4. The number of benzene rings is 9. The summed E-state index contributed by atoms with van der Waals surface area (Å²) >= 11 is 0. The van der Waals surface area contributed by atoms with E-state index < -0.39 is 0 Å². The van der Waals surface area contributed by atoms with Gasteiger partial charge in [-0.15, -0.1) is 0 Å². The van der Waals surface area contributed by atoms with Crippen LogP contribution in [0, 0.1) is 0 Å². The molecule has 0 amide bonds. The molecule has 288 valence electrons. The van der Waals surface area contributed by atoms with Crippen molar-refractivity contribution in [1.29, 1.82) is 0 Å². The normalized spacial score (nSPS) is 11.9. The number of hydrogen-bond donors (Lipinski definition) is 0. The monoisotopic (exact) mass is 792 g/mol. The van der Waals surface area contributed by atoms with E-state index in [1.165, 1.54) is 5.39 Å². The van der Waals surface area contributed by atoms with E-state index in [-0.39, 0.29) is 0 Å². The summed E-state index contributed by atoms with van der Waals surface area (Å²) in [7, 11) is 0. The Balaban J connectivity index is 1.04. The van der Waals surface area contributed by atoms with Gasteiger partial charge in [-0.1, -0.05) is 164 Å². The van der Waals surface area contributed by atoms with Gasteiger partial charge in [0.05, 0.1) is 11.2 Å². The van der Waals surface area contributed by atoms with Crippen LogP contribution in [-0.4, -0.2) is 19.9 Å². The van der Waals surface area contributed by atoms with E-state index in [2.05, 4.69) is 140 Å². The van der Waals surface area contributed by atoms with Gasteiger partial charge in [-0.2, -0.15) is 0 Å². The Kier molecular flexibility index (Phi) is 7.50. The highest BCUT2D eigenvalue weighted by Gasteiger charge is 2.24. The van der Waals surface area contributed by atoms with Gasteiger partial charge in [0.15, 0.2) is 17.5 Å². The van der Waals surface area contributed by atoms with E-state index in [1.54, 1.807) is 0 Å². The molecule has 62 heavy (non-hydrogen) atoms. The second-order valence-electron chi connectivity index (χ2n) is 15.7. The molecule has 0 aliphatic rings. The predicted molar refractivity (Wildman–Crippen MR) is 252 cm³/mol. The van der Waals surface area contributed by atoms with Crippen LogP contribution in [0.2, 0.25) is 0 Å². The fraction of sp³-hybridized carbons (Fsp3) is 0. The summed E-state index contributed by atoms with van der Waals surface area (Å²) in [6.45, 7) is 0. The average Bonchev–Trinajstić information content (AvgIpc) is 3.92. The van der Waals surface area contributed by atoms with Crippen LogP contribution in [0.5, 0.6) is 0 Å². The molecule has 0 N–H and O–H groups in total. The molecule has 0 spiro atoms. The fourth-order valence-corrected chi connectivity index (χ4v) is 9.21. The summed E-state index contributed by atoms with van der Waals surface area (Å²) in [6, 6.07) is 66.7. The minimum absolute atomic E-state index is 0.593. The SMILES string of the molecule is c1ccc(-c2nc(-c3ccc(-c4nc5ccccc5c5c(-c6cccc7c6oc6ccccc67)c6c(cc45)oc4ccccc46)cc3)nc(-c3ccc4ccccc4c3)n2)cc1. The van der Waals surface area contributed by atoms with Crippen LogP contribution < -0.4 is 0 Å². The van der Waals surface area contributed by atoms with Crippen molar-refractivity contribution in [2.45, 2.75) is 0 Å². The van der Waals surface area contributed by atoms with Crippen LogP contribution in [0.15, 0.2) is 203 Å². The number of pyridine rings is 1. The summed E-state index contributed by atoms with van der Waals surface area (Å²) in [5.74, 6) is 1.83. The highest BCUT2D eigenvalue weighted by atomic mass is 16.3. The Morgan fingerprint density at radius 1 is 0.323 bits per heavy atom. The second kappa shape index (κ2) is 13.5. The first-order valence-corrected chi connectivity index (χ1v) is 20.7. The molecule has 0 unspecified atom stereocenters. The van der Waals surface area contributed by atoms with Crippen molar-refractivity contribution in [3.05, 3.63) is 194 Å². The first-order chi connectivity index (χ1) is 30.7. The number of para-hydroxylation sites is 4. The fourth-order valence-electron chi connectivity index (χ4n) is 9.21. The summed E-state index contributed by atoms with van der Waals surface area (Å²) in [5, 5.41) is 9.68. The van der Waals surface area contributed by atoms with Crippen LogP contribution in [0.1, 0.15) is 0 Å². The van der Waals surface area contributed by atoms with Gasteiger partial charge < -0.3 is 8.83 Å². The Morgan fingerprint density at radius 2 is 0.919 bits per heavy atom.